The maximum absolute atomic E-state index is 12.5. The Kier molecular flexibility index (Phi) is 25.2. The molecule has 4 rings (SSSR count). The van der Waals surface area contributed by atoms with E-state index in [-0.39, 0.29) is 33.8 Å². The number of hydrogen-bond donors (Lipinski definition) is 3. The molecule has 2 aromatic heterocycles. The highest BCUT2D eigenvalue weighted by Gasteiger charge is 2.32. The molecule has 10 nitrogen and oxygen atoms in total. The smallest absolute Gasteiger partial charge is 0.223 e. The third-order valence-electron chi connectivity index (χ3n) is 12.3. The first-order valence-electron chi connectivity index (χ1n) is 24.0. The Balaban J connectivity index is 0.000000544. The van der Waals surface area contributed by atoms with Crippen LogP contribution < -0.4 is 17.0 Å². The zero-order chi connectivity index (χ0) is 50.3. The molecule has 0 saturated carbocycles. The van der Waals surface area contributed by atoms with Gasteiger partial charge in [0, 0.05) is 66.8 Å². The van der Waals surface area contributed by atoms with Gasteiger partial charge in [-0.1, -0.05) is 130 Å². The highest BCUT2D eigenvalue weighted by molar-refractivity contribution is 8.13. The fourth-order valence-electron chi connectivity index (χ4n) is 8.43. The molecule has 0 aliphatic carbocycles. The van der Waals surface area contributed by atoms with Gasteiger partial charge in [0.2, 0.25) is 11.0 Å². The van der Waals surface area contributed by atoms with Crippen molar-refractivity contribution < 1.29 is 19.1 Å². The minimum Gasteiger partial charge on any atom is -0.501 e. The number of fused-ring (bicyclic) bond motifs is 1. The second kappa shape index (κ2) is 29.0. The number of carbonyl (C=O) groups excluding carboxylic acids is 3. The van der Waals surface area contributed by atoms with Crippen LogP contribution >= 0.6 is 11.8 Å². The summed E-state index contributed by atoms with van der Waals surface area (Å²) >= 11 is 1.17. The zero-order valence-corrected chi connectivity index (χ0v) is 43.7. The van der Waals surface area contributed by atoms with Crippen LogP contribution in [-0.2, 0) is 38.5 Å². The average Bonchev–Trinajstić information content (AvgIpc) is 3.62. The van der Waals surface area contributed by atoms with E-state index in [1.54, 1.807) is 30.5 Å². The van der Waals surface area contributed by atoms with Crippen LogP contribution in [0.25, 0.3) is 33.3 Å². The van der Waals surface area contributed by atoms with Gasteiger partial charge in [0.15, 0.2) is 0 Å². The number of nitrogens with two attached hydrogens (primary N) is 2. The van der Waals surface area contributed by atoms with Crippen molar-refractivity contribution in [3.63, 3.8) is 0 Å². The lowest BCUT2D eigenvalue weighted by Crippen LogP contribution is -2.46. The maximum Gasteiger partial charge on any atom is 0.223 e. The summed E-state index contributed by atoms with van der Waals surface area (Å²) in [6.07, 6.45) is 16.4. The lowest BCUT2D eigenvalue weighted by Gasteiger charge is -2.33. The number of allylic oxidation sites excluding steroid dienone is 1. The Hall–Kier alpha value is -4.97. The van der Waals surface area contributed by atoms with E-state index in [9.17, 15) is 14.4 Å². The quantitative estimate of drug-likeness (QED) is 0.0140. The molecule has 2 atom stereocenters. The molecular weight excluding hydrogens is 853 g/mol. The Labute approximate surface area is 408 Å². The van der Waals surface area contributed by atoms with Gasteiger partial charge in [0.1, 0.15) is 12.3 Å². The van der Waals surface area contributed by atoms with Crippen molar-refractivity contribution >= 4 is 40.0 Å². The van der Waals surface area contributed by atoms with E-state index in [0.29, 0.717) is 31.9 Å². The zero-order valence-electron chi connectivity index (χ0n) is 42.9. The molecule has 5 N–H and O–H groups in total. The lowest BCUT2D eigenvalue weighted by molar-refractivity contribution is -0.138. The number of aldehydes is 1. The molecule has 2 aromatic carbocycles. The summed E-state index contributed by atoms with van der Waals surface area (Å²) in [5.74, 6) is 8.44. The highest BCUT2D eigenvalue weighted by Crippen LogP contribution is 2.42. The molecule has 0 bridgehead atoms. The topological polar surface area (TPSA) is 146 Å². The number of thioether (sulfide) groups is 1. The third kappa shape index (κ3) is 17.6. The van der Waals surface area contributed by atoms with Crippen molar-refractivity contribution in [2.45, 2.75) is 139 Å². The van der Waals surface area contributed by atoms with Crippen LogP contribution in [0, 0.1) is 16.7 Å². The number of unbranched alkanes of at least 4 members (excludes halogenated alkanes) is 4. The second-order valence-corrected chi connectivity index (χ2v) is 20.1. The summed E-state index contributed by atoms with van der Waals surface area (Å²) in [5.41, 5.74) is 10.6. The maximum atomic E-state index is 12.5. The summed E-state index contributed by atoms with van der Waals surface area (Å²) in [6.45, 7) is 32.6. The molecule has 0 aliphatic heterocycles. The van der Waals surface area contributed by atoms with Gasteiger partial charge in [0.25, 0.3) is 0 Å². The van der Waals surface area contributed by atoms with E-state index < -0.39 is 0 Å². The number of hydrazine groups is 1. The summed E-state index contributed by atoms with van der Waals surface area (Å²) < 4.78 is 8.22. The number of ether oxygens (including phenoxy) is 1. The fourth-order valence-corrected chi connectivity index (χ4v) is 9.10. The normalized spacial score (nSPS) is 12.2. The number of aromatic nitrogens is 2. The van der Waals surface area contributed by atoms with E-state index in [1.807, 2.05) is 33.9 Å². The first kappa shape index (κ1) is 58.2. The van der Waals surface area contributed by atoms with Gasteiger partial charge in [-0.25, -0.2) is 0 Å². The van der Waals surface area contributed by atoms with Crippen LogP contribution in [0.2, 0.25) is 0 Å². The van der Waals surface area contributed by atoms with Crippen molar-refractivity contribution in [3.8, 4) is 22.4 Å². The number of likely N-dealkylation sites (N-methyl/N-ethyl adjacent to an activating group) is 1. The number of rotatable bonds is 26. The molecule has 4 aromatic rings. The summed E-state index contributed by atoms with van der Waals surface area (Å²) in [6, 6.07) is 20.0. The summed E-state index contributed by atoms with van der Waals surface area (Å²) in [7, 11) is 1.72. The van der Waals surface area contributed by atoms with Gasteiger partial charge >= 0.3 is 0 Å². The van der Waals surface area contributed by atoms with E-state index in [2.05, 4.69) is 131 Å². The van der Waals surface area contributed by atoms with Crippen molar-refractivity contribution in [2.75, 3.05) is 26.5 Å². The molecule has 1 amide bonds. The molecule has 2 heterocycles. The summed E-state index contributed by atoms with van der Waals surface area (Å²) in [4.78, 5) is 41.7. The largest absolute Gasteiger partial charge is 0.501 e. The molecule has 368 valence electrons. The molecular formula is C56H84N6O4S. The average molecular weight is 937 g/mol. The minimum absolute atomic E-state index is 0.0166. The molecule has 0 spiro atoms. The Bertz CT molecular complexity index is 2210. The SMILES string of the molecule is C=CC(=C)NCC(C)(C)CC(=O)N(C)C(C(=O)SC)C(C)C.C=COCC(C)(C)Cc1c(-c2cccnc2C(C)CC)n(CC)c2ccc(-c3cccc(CCCCCCC=O)c3)cc12.NN. The predicted molar refractivity (Wildman–Crippen MR) is 286 cm³/mol. The van der Waals surface area contributed by atoms with Gasteiger partial charge in [0.05, 0.1) is 24.3 Å². The van der Waals surface area contributed by atoms with Gasteiger partial charge in [-0.05, 0) is 115 Å². The van der Waals surface area contributed by atoms with Crippen LogP contribution in [0.1, 0.15) is 130 Å². The Morgan fingerprint density at radius 2 is 1.64 bits per heavy atom. The molecule has 0 saturated heterocycles. The Morgan fingerprint density at radius 3 is 2.25 bits per heavy atom. The molecule has 2 unspecified atom stereocenters. The monoisotopic (exact) mass is 937 g/mol. The van der Waals surface area contributed by atoms with Gasteiger partial charge in [-0.3, -0.25) is 26.3 Å². The number of aryl methyl sites for hydroxylation is 2. The number of nitrogens with zero attached hydrogens (tertiary/aromatic N) is 3. The molecule has 11 heteroatoms. The Morgan fingerprint density at radius 1 is 0.955 bits per heavy atom. The predicted octanol–water partition coefficient (Wildman–Crippen LogP) is 12.2. The molecule has 0 aliphatic rings. The molecule has 0 fully saturated rings. The third-order valence-corrected chi connectivity index (χ3v) is 12.9. The van der Waals surface area contributed by atoms with Crippen molar-refractivity contribution in [1.29, 1.82) is 0 Å². The van der Waals surface area contributed by atoms with Crippen LogP contribution in [0.4, 0.5) is 0 Å². The molecule has 0 radical (unpaired) electrons. The standard InChI is InChI=1S/C39H50N2O2.C17H30N2O2S.H4N2/c1-7-29(4)37-33(20-16-23-40-37)38-35(27-39(5,6)28-43-9-3)34-26-32(21-22-36(34)41(38)8-2)31-19-15-18-30(25-31)17-13-11-10-12-14-24-42;1-9-13(4)18-11-17(5,6)10-14(20)19(7)15(12(2)3)16(21)22-8;1-2/h9,15-16,18-26,29H,3,7-8,10-14,17,27-28H2,1-2,4-6H3;9,12,15,18H,1,4,10-11H2,2-3,5-8H3;1-2H2. The van der Waals surface area contributed by atoms with Crippen LogP contribution in [-0.4, -0.2) is 64.3 Å². The molecule has 67 heavy (non-hydrogen) atoms. The number of amides is 1. The minimum atomic E-state index is -0.380. The van der Waals surface area contributed by atoms with Crippen molar-refractivity contribution in [1.82, 2.24) is 19.8 Å². The van der Waals surface area contributed by atoms with Crippen molar-refractivity contribution in [3.05, 3.63) is 115 Å². The van der Waals surface area contributed by atoms with Gasteiger partial charge in [-0.2, -0.15) is 0 Å². The van der Waals surface area contributed by atoms with E-state index >= 15 is 0 Å². The number of nitrogens with one attached hydrogen (secondary N) is 1. The van der Waals surface area contributed by atoms with Crippen molar-refractivity contribution in [2.24, 2.45) is 28.4 Å². The van der Waals surface area contributed by atoms with Gasteiger partial charge in [-0.15, -0.1) is 0 Å². The van der Waals surface area contributed by atoms with E-state index in [0.717, 1.165) is 57.1 Å². The number of carbonyl (C=O) groups is 3. The first-order chi connectivity index (χ1) is 31.9. The van der Waals surface area contributed by atoms with Crippen LogP contribution in [0.15, 0.2) is 98.6 Å². The number of benzene rings is 2. The second-order valence-electron chi connectivity index (χ2n) is 19.3. The van der Waals surface area contributed by atoms with E-state index in [1.165, 1.54) is 68.3 Å². The summed E-state index contributed by atoms with van der Waals surface area (Å²) in [5, 5.41) is 4.48. The highest BCUT2D eigenvalue weighted by atomic mass is 32.2. The number of pyridine rings is 1. The lowest BCUT2D eigenvalue weighted by atomic mass is 9.83. The fraction of sp³-hybridized carbons (Fsp3) is 0.500. The number of hydrogen-bond acceptors (Lipinski definition) is 9. The van der Waals surface area contributed by atoms with E-state index in [4.69, 9.17) is 9.72 Å². The van der Waals surface area contributed by atoms with Crippen LogP contribution in [0.3, 0.4) is 0 Å². The van der Waals surface area contributed by atoms with Crippen LogP contribution in [0.5, 0.6) is 0 Å². The van der Waals surface area contributed by atoms with Gasteiger partial charge < -0.3 is 24.3 Å². The first-order valence-corrected chi connectivity index (χ1v) is 25.2.